The second-order valence-electron chi connectivity index (χ2n) is 3.04. The summed E-state index contributed by atoms with van der Waals surface area (Å²) in [6, 6.07) is 4.56. The smallest absolute Gasteiger partial charge is 0.258 e. The van der Waals surface area contributed by atoms with Gasteiger partial charge in [0.1, 0.15) is 0 Å². The predicted octanol–water partition coefficient (Wildman–Crippen LogP) is 1.46. The number of hydrogen-bond acceptors (Lipinski definition) is 5. The third-order valence-corrected chi connectivity index (χ3v) is 2.72. The number of nitrogens with one attached hydrogen (secondary N) is 1. The number of tetrazole rings is 1. The SMILES string of the molecule is O=[N+]([O-])c1ccc(Cc2nn[nH]n2)c(Br)c1. The quantitative estimate of drug-likeness (QED) is 0.679. The number of nitro groups is 1. The number of aromatic amines is 1. The lowest BCUT2D eigenvalue weighted by Gasteiger charge is -2.00. The van der Waals surface area contributed by atoms with Crippen LogP contribution >= 0.6 is 15.9 Å². The molecule has 1 aromatic carbocycles. The molecule has 0 amide bonds. The maximum absolute atomic E-state index is 10.5. The first kappa shape index (κ1) is 10.7. The monoisotopic (exact) mass is 283 g/mol. The summed E-state index contributed by atoms with van der Waals surface area (Å²) in [6.45, 7) is 0. The summed E-state index contributed by atoms with van der Waals surface area (Å²) in [5.41, 5.74) is 0.913. The zero-order valence-electron chi connectivity index (χ0n) is 7.92. The lowest BCUT2D eigenvalue weighted by molar-refractivity contribution is -0.384. The molecule has 0 aliphatic carbocycles. The molecule has 0 saturated heterocycles. The summed E-state index contributed by atoms with van der Waals surface area (Å²) < 4.78 is 0.659. The van der Waals surface area contributed by atoms with E-state index in [0.29, 0.717) is 16.7 Å². The van der Waals surface area contributed by atoms with Gasteiger partial charge in [0.25, 0.3) is 5.69 Å². The van der Waals surface area contributed by atoms with E-state index in [0.717, 1.165) is 5.56 Å². The molecule has 7 nitrogen and oxygen atoms in total. The van der Waals surface area contributed by atoms with Crippen molar-refractivity contribution in [1.82, 2.24) is 20.6 Å². The first-order chi connectivity index (χ1) is 7.66. The highest BCUT2D eigenvalue weighted by atomic mass is 79.9. The average molecular weight is 284 g/mol. The van der Waals surface area contributed by atoms with E-state index in [1.807, 2.05) is 0 Å². The molecule has 1 aromatic heterocycles. The average Bonchev–Trinajstić information content (AvgIpc) is 2.73. The van der Waals surface area contributed by atoms with Crippen LogP contribution in [0.4, 0.5) is 5.69 Å². The van der Waals surface area contributed by atoms with Gasteiger partial charge in [-0.3, -0.25) is 10.1 Å². The van der Waals surface area contributed by atoms with Crippen molar-refractivity contribution in [3.63, 3.8) is 0 Å². The number of non-ortho nitro benzene ring substituents is 1. The van der Waals surface area contributed by atoms with Crippen molar-refractivity contribution in [2.24, 2.45) is 0 Å². The lowest BCUT2D eigenvalue weighted by atomic mass is 10.1. The van der Waals surface area contributed by atoms with Gasteiger partial charge in [-0.05, 0) is 5.56 Å². The summed E-state index contributed by atoms with van der Waals surface area (Å²) >= 11 is 3.27. The maximum atomic E-state index is 10.5. The van der Waals surface area contributed by atoms with E-state index < -0.39 is 4.92 Å². The fraction of sp³-hybridized carbons (Fsp3) is 0.125. The van der Waals surface area contributed by atoms with Crippen molar-refractivity contribution in [1.29, 1.82) is 0 Å². The molecule has 0 saturated carbocycles. The van der Waals surface area contributed by atoms with Gasteiger partial charge >= 0.3 is 0 Å². The van der Waals surface area contributed by atoms with Crippen LogP contribution in [-0.2, 0) is 6.42 Å². The largest absolute Gasteiger partial charge is 0.270 e. The minimum absolute atomic E-state index is 0.0451. The molecule has 1 N–H and O–H groups in total. The number of benzene rings is 1. The predicted molar refractivity (Wildman–Crippen MR) is 57.8 cm³/mol. The first-order valence-electron chi connectivity index (χ1n) is 4.32. The zero-order valence-corrected chi connectivity index (χ0v) is 9.51. The molecule has 0 aliphatic rings. The normalized spacial score (nSPS) is 10.3. The summed E-state index contributed by atoms with van der Waals surface area (Å²) in [6.07, 6.45) is 0.467. The summed E-state index contributed by atoms with van der Waals surface area (Å²) in [4.78, 5) is 10.1. The Morgan fingerprint density at radius 1 is 1.50 bits per heavy atom. The van der Waals surface area contributed by atoms with Gasteiger partial charge in [-0.15, -0.1) is 10.2 Å². The van der Waals surface area contributed by atoms with Crippen LogP contribution in [0.2, 0.25) is 0 Å². The third kappa shape index (κ3) is 2.22. The molecule has 8 heteroatoms. The van der Waals surface area contributed by atoms with Crippen LogP contribution in [0.1, 0.15) is 11.4 Å². The molecule has 0 bridgehead atoms. The molecule has 0 unspecified atom stereocenters. The topological polar surface area (TPSA) is 97.6 Å². The fourth-order valence-electron chi connectivity index (χ4n) is 1.22. The Morgan fingerprint density at radius 3 is 2.88 bits per heavy atom. The number of hydrogen-bond donors (Lipinski definition) is 1. The van der Waals surface area contributed by atoms with Gasteiger partial charge in [0.2, 0.25) is 0 Å². The minimum atomic E-state index is -0.442. The van der Waals surface area contributed by atoms with E-state index in [4.69, 9.17) is 0 Å². The van der Waals surface area contributed by atoms with E-state index in [9.17, 15) is 10.1 Å². The highest BCUT2D eigenvalue weighted by Crippen LogP contribution is 2.24. The molecule has 0 spiro atoms. The van der Waals surface area contributed by atoms with Crippen LogP contribution in [0.15, 0.2) is 22.7 Å². The number of nitrogens with zero attached hydrogens (tertiary/aromatic N) is 4. The van der Waals surface area contributed by atoms with Crippen molar-refractivity contribution in [3.05, 3.63) is 44.2 Å². The Kier molecular flexibility index (Phi) is 2.91. The lowest BCUT2D eigenvalue weighted by Crippen LogP contribution is -1.94. The molecule has 0 radical (unpaired) electrons. The standard InChI is InChI=1S/C8H6BrN5O2/c9-7-4-6(14(15)16)2-1-5(7)3-8-10-12-13-11-8/h1-2,4H,3H2,(H,10,11,12,13). The van der Waals surface area contributed by atoms with Gasteiger partial charge in [-0.1, -0.05) is 27.2 Å². The van der Waals surface area contributed by atoms with E-state index in [1.165, 1.54) is 12.1 Å². The summed E-state index contributed by atoms with van der Waals surface area (Å²) in [5, 5.41) is 23.9. The van der Waals surface area contributed by atoms with Crippen LogP contribution in [0.25, 0.3) is 0 Å². The number of halogens is 1. The molecule has 16 heavy (non-hydrogen) atoms. The van der Waals surface area contributed by atoms with Crippen LogP contribution in [-0.4, -0.2) is 25.5 Å². The second-order valence-corrected chi connectivity index (χ2v) is 3.89. The fourth-order valence-corrected chi connectivity index (χ4v) is 1.73. The molecule has 0 atom stereocenters. The Labute approximate surface area is 98.1 Å². The van der Waals surface area contributed by atoms with Gasteiger partial charge < -0.3 is 0 Å². The van der Waals surface area contributed by atoms with E-state index in [-0.39, 0.29) is 5.69 Å². The Bertz CT molecular complexity index is 513. The Balaban J connectivity index is 2.26. The summed E-state index contributed by atoms with van der Waals surface area (Å²) in [5.74, 6) is 0.537. The van der Waals surface area contributed by atoms with Crippen molar-refractivity contribution in [2.75, 3.05) is 0 Å². The van der Waals surface area contributed by atoms with Crippen molar-refractivity contribution >= 4 is 21.6 Å². The summed E-state index contributed by atoms with van der Waals surface area (Å²) in [7, 11) is 0. The third-order valence-electron chi connectivity index (χ3n) is 1.99. The molecule has 2 rings (SSSR count). The number of aromatic nitrogens is 4. The molecular formula is C8H6BrN5O2. The number of nitro benzene ring substituents is 1. The van der Waals surface area contributed by atoms with E-state index in [1.54, 1.807) is 6.07 Å². The van der Waals surface area contributed by atoms with Crippen molar-refractivity contribution in [3.8, 4) is 0 Å². The Hall–Kier alpha value is -1.83. The highest BCUT2D eigenvalue weighted by molar-refractivity contribution is 9.10. The van der Waals surface area contributed by atoms with Crippen molar-refractivity contribution in [2.45, 2.75) is 6.42 Å². The van der Waals surface area contributed by atoms with Gasteiger partial charge in [-0.2, -0.15) is 5.21 Å². The van der Waals surface area contributed by atoms with Gasteiger partial charge in [0.15, 0.2) is 5.82 Å². The van der Waals surface area contributed by atoms with Gasteiger partial charge in [0, 0.05) is 23.0 Å². The number of H-pyrrole nitrogens is 1. The van der Waals surface area contributed by atoms with E-state index >= 15 is 0 Å². The second kappa shape index (κ2) is 4.35. The van der Waals surface area contributed by atoms with Crippen molar-refractivity contribution < 1.29 is 4.92 Å². The van der Waals surface area contributed by atoms with E-state index in [2.05, 4.69) is 36.6 Å². The van der Waals surface area contributed by atoms with Crippen LogP contribution in [0.5, 0.6) is 0 Å². The molecule has 82 valence electrons. The molecule has 2 aromatic rings. The van der Waals surface area contributed by atoms with Gasteiger partial charge in [0.05, 0.1) is 4.92 Å². The molecule has 0 fully saturated rings. The number of rotatable bonds is 3. The zero-order chi connectivity index (χ0) is 11.5. The first-order valence-corrected chi connectivity index (χ1v) is 5.11. The van der Waals surface area contributed by atoms with Gasteiger partial charge in [-0.25, -0.2) is 0 Å². The highest BCUT2D eigenvalue weighted by Gasteiger charge is 2.10. The molecule has 1 heterocycles. The molecular weight excluding hydrogens is 278 g/mol. The molecule has 0 aliphatic heterocycles. The van der Waals surface area contributed by atoms with Crippen LogP contribution in [0.3, 0.4) is 0 Å². The Morgan fingerprint density at radius 2 is 2.31 bits per heavy atom. The van der Waals surface area contributed by atoms with Crippen LogP contribution < -0.4 is 0 Å². The van der Waals surface area contributed by atoms with Crippen LogP contribution in [0, 0.1) is 10.1 Å². The minimum Gasteiger partial charge on any atom is -0.258 e. The maximum Gasteiger partial charge on any atom is 0.270 e.